The first-order valence-electron chi connectivity index (χ1n) is 8.61. The molecule has 0 aliphatic heterocycles. The minimum absolute atomic E-state index is 0.00438. The summed E-state index contributed by atoms with van der Waals surface area (Å²) in [5.41, 5.74) is 0.821. The van der Waals surface area contributed by atoms with Crippen LogP contribution in [0.3, 0.4) is 0 Å². The van der Waals surface area contributed by atoms with Crippen LogP contribution in [-0.2, 0) is 25.3 Å². The molecular weight excluding hydrogens is 418 g/mol. The lowest BCUT2D eigenvalue weighted by atomic mass is 9.96. The van der Waals surface area contributed by atoms with Crippen LogP contribution in [0.25, 0.3) is 5.65 Å². The number of hydrogen-bond donors (Lipinski definition) is 2. The van der Waals surface area contributed by atoms with Gasteiger partial charge in [0.15, 0.2) is 27.2 Å². The van der Waals surface area contributed by atoms with Crippen molar-refractivity contribution < 1.29 is 21.6 Å². The molecule has 10 nitrogen and oxygen atoms in total. The smallest absolute Gasteiger partial charge is 0.229 e. The van der Waals surface area contributed by atoms with Crippen molar-refractivity contribution in [3.8, 4) is 11.5 Å². The molecule has 0 saturated carbocycles. The maximum Gasteiger partial charge on any atom is 0.229 e. The molecule has 12 heteroatoms. The number of aromatic nitrogens is 4. The van der Waals surface area contributed by atoms with Crippen molar-refractivity contribution >= 4 is 31.2 Å². The van der Waals surface area contributed by atoms with Crippen molar-refractivity contribution in [1.29, 1.82) is 0 Å². The molecule has 0 saturated heterocycles. The number of nitrogens with zero attached hydrogens (tertiary/aromatic N) is 3. The molecule has 2 heterocycles. The van der Waals surface area contributed by atoms with E-state index in [2.05, 4.69) is 20.0 Å². The fourth-order valence-corrected chi connectivity index (χ4v) is 3.96. The van der Waals surface area contributed by atoms with Crippen molar-refractivity contribution in [1.82, 2.24) is 19.8 Å². The molecule has 0 spiro atoms. The van der Waals surface area contributed by atoms with Crippen LogP contribution >= 0.6 is 0 Å². The lowest BCUT2D eigenvalue weighted by Gasteiger charge is -2.14. The zero-order valence-corrected chi connectivity index (χ0v) is 18.6. The summed E-state index contributed by atoms with van der Waals surface area (Å²) in [6.45, 7) is 7.78. The highest BCUT2D eigenvalue weighted by molar-refractivity contribution is 7.92. The van der Waals surface area contributed by atoms with Gasteiger partial charge in [0.05, 0.1) is 22.5 Å². The second kappa shape index (κ2) is 6.73. The Bertz CT molecular complexity index is 1300. The van der Waals surface area contributed by atoms with Crippen molar-refractivity contribution in [2.75, 3.05) is 17.2 Å². The fourth-order valence-electron chi connectivity index (χ4n) is 2.75. The summed E-state index contributed by atoms with van der Waals surface area (Å²) in [5.74, 6) is 1.19. The third-order valence-corrected chi connectivity index (χ3v) is 5.74. The van der Waals surface area contributed by atoms with Crippen molar-refractivity contribution in [3.05, 3.63) is 29.7 Å². The van der Waals surface area contributed by atoms with Gasteiger partial charge in [0.1, 0.15) is 0 Å². The molecule has 1 aromatic carbocycles. The van der Waals surface area contributed by atoms with Crippen LogP contribution in [0.4, 0.5) is 5.69 Å². The Labute approximate surface area is 169 Å². The molecule has 0 radical (unpaired) electrons. The first-order valence-corrected chi connectivity index (χ1v) is 12.4. The van der Waals surface area contributed by atoms with Gasteiger partial charge in [-0.2, -0.15) is 0 Å². The SMILES string of the molecule is Cc1[nH]n2c(C(C)(C)C)nnc2c1Oc1ccc(S(C)(=O)=O)cc1NS(C)(=O)=O. The summed E-state index contributed by atoms with van der Waals surface area (Å²) >= 11 is 0. The number of H-pyrrole nitrogens is 1. The van der Waals surface area contributed by atoms with E-state index in [1.807, 2.05) is 20.8 Å². The minimum atomic E-state index is -3.67. The third-order valence-electron chi connectivity index (χ3n) is 4.04. The van der Waals surface area contributed by atoms with E-state index in [1.54, 1.807) is 11.4 Å². The van der Waals surface area contributed by atoms with Crippen LogP contribution in [0, 0.1) is 6.92 Å². The average Bonchev–Trinajstić information content (AvgIpc) is 3.05. The molecule has 29 heavy (non-hydrogen) atoms. The summed E-state index contributed by atoms with van der Waals surface area (Å²) < 4.78 is 57.2. The van der Waals surface area contributed by atoms with Crippen LogP contribution in [0.15, 0.2) is 23.1 Å². The largest absolute Gasteiger partial charge is 0.449 e. The number of aryl methyl sites for hydroxylation is 1. The first kappa shape index (κ1) is 21.1. The predicted octanol–water partition coefficient (Wildman–Crippen LogP) is 2.23. The van der Waals surface area contributed by atoms with Crippen molar-refractivity contribution in [2.24, 2.45) is 0 Å². The Morgan fingerprint density at radius 2 is 1.76 bits per heavy atom. The molecule has 0 atom stereocenters. The highest BCUT2D eigenvalue weighted by Crippen LogP contribution is 2.36. The molecule has 3 aromatic rings. The van der Waals surface area contributed by atoms with Crippen LogP contribution in [-0.4, -0.2) is 49.2 Å². The standard InChI is InChI=1S/C17H23N5O5S2/c1-10-14(15-18-19-16(17(2,3)4)22(15)20-10)27-13-8-7-11(28(5,23)24)9-12(13)21-29(6,25)26/h7-9,20-21H,1-6H3. The number of rotatable bonds is 5. The second-order valence-corrected chi connectivity index (χ2v) is 11.7. The summed E-state index contributed by atoms with van der Waals surface area (Å²) in [6, 6.07) is 3.96. The van der Waals surface area contributed by atoms with Crippen molar-refractivity contribution in [2.45, 2.75) is 38.0 Å². The number of ether oxygens (including phenoxy) is 1. The molecule has 2 aromatic heterocycles. The zero-order valence-electron chi connectivity index (χ0n) is 16.9. The molecule has 0 aliphatic carbocycles. The topological polar surface area (TPSA) is 136 Å². The number of nitrogens with one attached hydrogen (secondary N) is 2. The Kier molecular flexibility index (Phi) is 4.90. The molecule has 0 bridgehead atoms. The lowest BCUT2D eigenvalue weighted by molar-refractivity contribution is 0.484. The van der Waals surface area contributed by atoms with E-state index < -0.39 is 19.9 Å². The van der Waals surface area contributed by atoms with Gasteiger partial charge >= 0.3 is 0 Å². The molecule has 0 fully saturated rings. The Morgan fingerprint density at radius 3 is 2.31 bits per heavy atom. The van der Waals surface area contributed by atoms with E-state index in [0.717, 1.165) is 12.5 Å². The van der Waals surface area contributed by atoms with E-state index in [4.69, 9.17) is 4.74 Å². The fraction of sp³-hybridized carbons (Fsp3) is 0.412. The predicted molar refractivity (Wildman–Crippen MR) is 109 cm³/mol. The second-order valence-electron chi connectivity index (χ2n) is 7.90. The van der Waals surface area contributed by atoms with E-state index in [9.17, 15) is 16.8 Å². The highest BCUT2D eigenvalue weighted by atomic mass is 32.2. The Morgan fingerprint density at radius 1 is 1.10 bits per heavy atom. The lowest BCUT2D eigenvalue weighted by Crippen LogP contribution is -2.16. The molecule has 2 N–H and O–H groups in total. The average molecular weight is 442 g/mol. The molecule has 0 amide bonds. The van der Waals surface area contributed by atoms with Gasteiger partial charge in [0, 0.05) is 11.7 Å². The quantitative estimate of drug-likeness (QED) is 0.620. The van der Waals surface area contributed by atoms with Gasteiger partial charge in [-0.3, -0.25) is 9.82 Å². The number of aromatic amines is 1. The Hall–Kier alpha value is -2.60. The first-order chi connectivity index (χ1) is 13.2. The number of benzene rings is 1. The molecule has 0 aliphatic rings. The molecule has 0 unspecified atom stereocenters. The van der Waals surface area contributed by atoms with Gasteiger partial charge < -0.3 is 4.74 Å². The van der Waals surface area contributed by atoms with Gasteiger partial charge in [-0.1, -0.05) is 20.8 Å². The molecule has 158 valence electrons. The van der Waals surface area contributed by atoms with Gasteiger partial charge in [-0.25, -0.2) is 21.4 Å². The van der Waals surface area contributed by atoms with Crippen LogP contribution < -0.4 is 9.46 Å². The van der Waals surface area contributed by atoms with E-state index in [0.29, 0.717) is 22.9 Å². The van der Waals surface area contributed by atoms with Crippen LogP contribution in [0.2, 0.25) is 0 Å². The normalized spacial score (nSPS) is 13.0. The van der Waals surface area contributed by atoms with Gasteiger partial charge in [0.2, 0.25) is 15.7 Å². The number of sulfonamides is 1. The third kappa shape index (κ3) is 4.37. The maximum atomic E-state index is 11.9. The van der Waals surface area contributed by atoms with Crippen molar-refractivity contribution in [3.63, 3.8) is 0 Å². The highest BCUT2D eigenvalue weighted by Gasteiger charge is 2.26. The summed E-state index contributed by atoms with van der Waals surface area (Å²) in [7, 11) is -7.21. The Balaban J connectivity index is 2.13. The van der Waals surface area contributed by atoms with E-state index in [-0.39, 0.29) is 21.7 Å². The summed E-state index contributed by atoms with van der Waals surface area (Å²) in [4.78, 5) is -0.0376. The summed E-state index contributed by atoms with van der Waals surface area (Å²) in [5, 5.41) is 11.5. The minimum Gasteiger partial charge on any atom is -0.449 e. The van der Waals surface area contributed by atoms with Gasteiger partial charge in [0.25, 0.3) is 0 Å². The summed E-state index contributed by atoms with van der Waals surface area (Å²) in [6.07, 6.45) is 2.01. The monoisotopic (exact) mass is 441 g/mol. The molecular formula is C17H23N5O5S2. The van der Waals surface area contributed by atoms with Gasteiger partial charge in [-0.05, 0) is 25.1 Å². The number of hydrogen-bond acceptors (Lipinski definition) is 7. The zero-order chi connectivity index (χ0) is 21.8. The number of fused-ring (bicyclic) bond motifs is 1. The maximum absolute atomic E-state index is 11.9. The van der Waals surface area contributed by atoms with Crippen LogP contribution in [0.5, 0.6) is 11.5 Å². The molecule has 3 rings (SSSR count). The number of sulfone groups is 1. The van der Waals surface area contributed by atoms with Crippen LogP contribution in [0.1, 0.15) is 32.3 Å². The van der Waals surface area contributed by atoms with E-state index >= 15 is 0 Å². The van der Waals surface area contributed by atoms with Gasteiger partial charge in [-0.15, -0.1) is 10.2 Å². The van der Waals surface area contributed by atoms with E-state index in [1.165, 1.54) is 18.2 Å². The number of anilines is 1.